The van der Waals surface area contributed by atoms with E-state index in [4.69, 9.17) is 11.5 Å². The molecular weight excluding hydrogens is 157 g/mol. The molecule has 0 fully saturated rings. The van der Waals surface area contributed by atoms with E-state index in [-0.39, 0.29) is 30.8 Å². The van der Waals surface area contributed by atoms with Gasteiger partial charge in [-0.1, -0.05) is 0 Å². The van der Waals surface area contributed by atoms with Crippen LogP contribution in [-0.2, 0) is 0 Å². The van der Waals surface area contributed by atoms with Gasteiger partial charge in [0, 0.05) is 0 Å². The van der Waals surface area contributed by atoms with Gasteiger partial charge in [-0.3, -0.25) is 0 Å². The zero-order valence-electron chi connectivity index (χ0n) is 3.37. The molecule has 0 amide bonds. The average Bonchev–Trinajstić information content (AvgIpc) is 1.38. The molecule has 0 atom stereocenters. The van der Waals surface area contributed by atoms with Gasteiger partial charge in [-0.05, 0) is 12.8 Å². The maximum absolute atomic E-state index is 4.74. The quantitative estimate of drug-likeness (QED) is 0.267. The smallest absolute Gasteiger partial charge is 0.197 e. The molecule has 0 aliphatic carbocycles. The molecule has 0 aromatic heterocycles. The Balaban J connectivity index is -0.0000000800. The minimum atomic E-state index is -0.00617. The Morgan fingerprint density at radius 3 is 1.43 bits per heavy atom. The summed E-state index contributed by atoms with van der Waals surface area (Å²) in [6.45, 7) is 0. The fourth-order valence-electron chi connectivity index (χ4n) is 0. The molecule has 0 saturated heterocycles. The number of rotatable bonds is 0. The molecular formula is CH7Cl2N3S. The largest absolute Gasteiger partial charge is 0.369 e. The Labute approximate surface area is 59.9 Å². The topological polar surface area (TPSA) is 64.4 Å². The minimum absolute atomic E-state index is 0. The lowest BCUT2D eigenvalue weighted by atomic mass is 11.1. The Bertz CT molecular complexity index is 50.9. The molecule has 0 rings (SSSR count). The van der Waals surface area contributed by atoms with Crippen LogP contribution in [0.1, 0.15) is 0 Å². The van der Waals surface area contributed by atoms with E-state index in [1.165, 1.54) is 0 Å². The van der Waals surface area contributed by atoms with E-state index >= 15 is 0 Å². The molecule has 7 heavy (non-hydrogen) atoms. The lowest BCUT2D eigenvalue weighted by Crippen LogP contribution is -2.21. The van der Waals surface area contributed by atoms with Crippen molar-refractivity contribution in [2.24, 2.45) is 15.9 Å². The summed E-state index contributed by atoms with van der Waals surface area (Å²) in [4.78, 5) is 0. The van der Waals surface area contributed by atoms with Crippen molar-refractivity contribution in [3.63, 3.8) is 0 Å². The molecule has 0 radical (unpaired) electrons. The van der Waals surface area contributed by atoms with E-state index < -0.39 is 0 Å². The maximum atomic E-state index is 4.74. The monoisotopic (exact) mass is 163 g/mol. The zero-order chi connectivity index (χ0) is 4.28. The van der Waals surface area contributed by atoms with Crippen molar-refractivity contribution in [2.45, 2.75) is 0 Å². The fourth-order valence-corrected chi connectivity index (χ4v) is 0. The van der Waals surface area contributed by atoms with Crippen molar-refractivity contribution in [3.8, 4) is 0 Å². The van der Waals surface area contributed by atoms with Gasteiger partial charge < -0.3 is 11.5 Å². The Morgan fingerprint density at radius 1 is 1.29 bits per heavy atom. The third kappa shape index (κ3) is 22.6. The lowest BCUT2D eigenvalue weighted by molar-refractivity contribution is 1.54. The van der Waals surface area contributed by atoms with Gasteiger partial charge in [-0.25, -0.2) is 0 Å². The molecule has 6 heteroatoms. The molecule has 0 aliphatic heterocycles. The molecule has 3 nitrogen and oxygen atoms in total. The van der Waals surface area contributed by atoms with Crippen molar-refractivity contribution in [1.82, 2.24) is 0 Å². The summed E-state index contributed by atoms with van der Waals surface area (Å²) in [5.74, 6) is -0.00617. The van der Waals surface area contributed by atoms with Gasteiger partial charge in [0.1, 0.15) is 0 Å². The first-order chi connectivity index (χ1) is 2.27. The number of guanidine groups is 1. The van der Waals surface area contributed by atoms with Crippen LogP contribution in [0.2, 0.25) is 0 Å². The molecule has 0 spiro atoms. The summed E-state index contributed by atoms with van der Waals surface area (Å²) in [5, 5.41) is 0. The molecule has 0 bridgehead atoms. The lowest BCUT2D eigenvalue weighted by Gasteiger charge is -1.75. The van der Waals surface area contributed by atoms with E-state index in [1.54, 1.807) is 0 Å². The van der Waals surface area contributed by atoms with Gasteiger partial charge in [-0.2, -0.15) is 4.40 Å². The molecule has 46 valence electrons. The molecule has 0 aromatic rings. The van der Waals surface area contributed by atoms with Gasteiger partial charge in [0.2, 0.25) is 0 Å². The number of thiol groups is 1. The second kappa shape index (κ2) is 9.50. The van der Waals surface area contributed by atoms with Gasteiger partial charge in [0.05, 0.1) is 0 Å². The second-order valence-electron chi connectivity index (χ2n) is 0.525. The molecule has 4 N–H and O–H groups in total. The molecule has 0 saturated carbocycles. The number of nitrogens with two attached hydrogens (primary N) is 2. The first-order valence-corrected chi connectivity index (χ1v) is 1.40. The van der Waals surface area contributed by atoms with Crippen LogP contribution in [0.3, 0.4) is 0 Å². The van der Waals surface area contributed by atoms with Crippen molar-refractivity contribution in [3.05, 3.63) is 0 Å². The van der Waals surface area contributed by atoms with Gasteiger partial charge in [0.25, 0.3) is 0 Å². The fraction of sp³-hybridized carbons (Fsp3) is 0. The van der Waals surface area contributed by atoms with Crippen LogP contribution < -0.4 is 11.5 Å². The molecule has 0 unspecified atom stereocenters. The Morgan fingerprint density at radius 2 is 1.43 bits per heavy atom. The first kappa shape index (κ1) is 15.7. The van der Waals surface area contributed by atoms with E-state index in [0.29, 0.717) is 0 Å². The maximum Gasteiger partial charge on any atom is 0.197 e. The van der Waals surface area contributed by atoms with Crippen LogP contribution in [-0.4, -0.2) is 5.96 Å². The molecule has 0 heterocycles. The van der Waals surface area contributed by atoms with Gasteiger partial charge in [0.15, 0.2) is 5.96 Å². The molecule has 0 aliphatic rings. The highest BCUT2D eigenvalue weighted by molar-refractivity contribution is 7.79. The summed E-state index contributed by atoms with van der Waals surface area (Å²) in [5.41, 5.74) is 9.49. The van der Waals surface area contributed by atoms with Crippen molar-refractivity contribution < 1.29 is 0 Å². The third-order valence-corrected chi connectivity index (χ3v) is 0.346. The molecule has 0 aromatic carbocycles. The summed E-state index contributed by atoms with van der Waals surface area (Å²) in [6, 6.07) is 0. The predicted octanol–water partition coefficient (Wildman–Crippen LogP) is -0.0518. The number of nitrogens with zero attached hydrogens (tertiary/aromatic N) is 1. The van der Waals surface area contributed by atoms with Crippen molar-refractivity contribution in [2.75, 3.05) is 0 Å². The summed E-state index contributed by atoms with van der Waals surface area (Å²) in [7, 11) is 0. The highest BCUT2D eigenvalue weighted by Crippen LogP contribution is 1.63. The average molecular weight is 164 g/mol. The summed E-state index contributed by atoms with van der Waals surface area (Å²) in [6.07, 6.45) is 0. The Kier molecular flexibility index (Phi) is 21.3. The zero-order valence-corrected chi connectivity index (χ0v) is 5.89. The number of hydrogen-bond donors (Lipinski definition) is 3. The van der Waals surface area contributed by atoms with E-state index in [0.717, 1.165) is 0 Å². The highest BCUT2D eigenvalue weighted by Gasteiger charge is 1.62. The number of hydrogen-bond acceptors (Lipinski definition) is 2. The first-order valence-electron chi connectivity index (χ1n) is 1.00. The number of halogens is 2. The van der Waals surface area contributed by atoms with Crippen LogP contribution in [0.5, 0.6) is 0 Å². The third-order valence-electron chi connectivity index (χ3n) is 0.115. The second-order valence-corrected chi connectivity index (χ2v) is 0.725. The van der Waals surface area contributed by atoms with E-state index in [2.05, 4.69) is 17.2 Å². The SMILES string of the molecule is Cl.Cl.NC(N)=NS. The minimum Gasteiger partial charge on any atom is -0.369 e. The standard InChI is InChI=1S/CH5N3S.2ClH/c2-1(3)4-5;;/h5H,(H4,2,3,4);2*1H. The summed E-state index contributed by atoms with van der Waals surface area (Å²) < 4.78 is 3.06. The Hall–Kier alpha value is 0.200. The van der Waals surface area contributed by atoms with Crippen LogP contribution >= 0.6 is 37.6 Å². The van der Waals surface area contributed by atoms with Crippen LogP contribution in [0.4, 0.5) is 0 Å². The van der Waals surface area contributed by atoms with Crippen LogP contribution in [0, 0.1) is 0 Å². The normalized spacial score (nSPS) is 4.71. The summed E-state index contributed by atoms with van der Waals surface area (Å²) >= 11 is 3.35. The van der Waals surface area contributed by atoms with Crippen molar-refractivity contribution in [1.29, 1.82) is 0 Å². The van der Waals surface area contributed by atoms with E-state index in [9.17, 15) is 0 Å². The van der Waals surface area contributed by atoms with Gasteiger partial charge in [-0.15, -0.1) is 24.8 Å². The highest BCUT2D eigenvalue weighted by atomic mass is 35.5. The van der Waals surface area contributed by atoms with Crippen molar-refractivity contribution >= 4 is 43.6 Å². The van der Waals surface area contributed by atoms with E-state index in [1.807, 2.05) is 0 Å². The van der Waals surface area contributed by atoms with Crippen LogP contribution in [0.25, 0.3) is 0 Å². The van der Waals surface area contributed by atoms with Gasteiger partial charge >= 0.3 is 0 Å². The van der Waals surface area contributed by atoms with Crippen LogP contribution in [0.15, 0.2) is 4.40 Å². The predicted molar refractivity (Wildman–Crippen MR) is 39.3 cm³/mol.